The number of rotatable bonds is 5. The molecule has 14 heteroatoms. The summed E-state index contributed by atoms with van der Waals surface area (Å²) in [6.07, 6.45) is 1.53. The summed E-state index contributed by atoms with van der Waals surface area (Å²) in [6.45, 7) is -0.855. The molecule has 4 rings (SSSR count). The molecule has 0 aliphatic rings. The van der Waals surface area contributed by atoms with Crippen molar-refractivity contribution in [3.05, 3.63) is 103 Å². The standard InChI is InChI=1S/C16H10Cl2N2O6S.C6H6N2O/c17-9-1-4-11(5-2-9)27(25,26)20-15(23)12-6-3-10(18)7-13(12)19(16(20)24)8-14(21)22;7-6(9)5-3-1-2-4-8-5/h1-7H,8H2,(H,21,22);1-4H,(H2,7,9). The number of halogens is 2. The highest BCUT2D eigenvalue weighted by Crippen LogP contribution is 2.18. The quantitative estimate of drug-likeness (QED) is 0.379. The van der Waals surface area contributed by atoms with Crippen molar-refractivity contribution in [3.63, 3.8) is 0 Å². The third kappa shape index (κ3) is 5.62. The lowest BCUT2D eigenvalue weighted by Crippen LogP contribution is -2.44. The molecule has 2 heterocycles. The monoisotopic (exact) mass is 550 g/mol. The average Bonchev–Trinajstić information content (AvgIpc) is 2.82. The van der Waals surface area contributed by atoms with Gasteiger partial charge in [-0.2, -0.15) is 0 Å². The van der Waals surface area contributed by atoms with Crippen molar-refractivity contribution in [2.75, 3.05) is 0 Å². The molecule has 0 unspecified atom stereocenters. The molecule has 2 aromatic heterocycles. The second kappa shape index (κ2) is 10.7. The molecule has 0 aliphatic heterocycles. The van der Waals surface area contributed by atoms with Gasteiger partial charge in [0.25, 0.3) is 21.5 Å². The molecule has 3 N–H and O–H groups in total. The minimum Gasteiger partial charge on any atom is -0.480 e. The van der Waals surface area contributed by atoms with E-state index in [9.17, 15) is 27.6 Å². The molecule has 0 aliphatic carbocycles. The highest BCUT2D eigenvalue weighted by Gasteiger charge is 2.26. The molecule has 1 amide bonds. The van der Waals surface area contributed by atoms with Gasteiger partial charge in [0.1, 0.15) is 12.2 Å². The van der Waals surface area contributed by atoms with Crippen molar-refractivity contribution in [2.24, 2.45) is 5.73 Å². The Morgan fingerprint density at radius 1 is 0.972 bits per heavy atom. The molecule has 0 radical (unpaired) electrons. The summed E-state index contributed by atoms with van der Waals surface area (Å²) in [6, 6.07) is 13.6. The van der Waals surface area contributed by atoms with Crippen LogP contribution in [0.25, 0.3) is 10.9 Å². The van der Waals surface area contributed by atoms with Crippen LogP contribution in [-0.2, 0) is 21.4 Å². The fourth-order valence-electron chi connectivity index (χ4n) is 3.04. The number of carbonyl (C=O) groups excluding carboxylic acids is 1. The average molecular weight is 551 g/mol. The Morgan fingerprint density at radius 2 is 1.61 bits per heavy atom. The Hall–Kier alpha value is -4.00. The molecule has 0 spiro atoms. The van der Waals surface area contributed by atoms with E-state index < -0.39 is 39.7 Å². The number of hydrogen-bond donors (Lipinski definition) is 2. The third-order valence-corrected chi connectivity index (χ3v) is 6.79. The van der Waals surface area contributed by atoms with E-state index in [4.69, 9.17) is 34.0 Å². The van der Waals surface area contributed by atoms with Gasteiger partial charge in [-0.15, -0.1) is 3.97 Å². The van der Waals surface area contributed by atoms with Gasteiger partial charge in [0.2, 0.25) is 0 Å². The van der Waals surface area contributed by atoms with E-state index in [0.29, 0.717) is 10.3 Å². The van der Waals surface area contributed by atoms with Gasteiger partial charge in [-0.3, -0.25) is 23.9 Å². The van der Waals surface area contributed by atoms with Crippen LogP contribution in [0.1, 0.15) is 10.5 Å². The number of nitrogens with two attached hydrogens (primary N) is 1. The van der Waals surface area contributed by atoms with Crippen molar-refractivity contribution in [3.8, 4) is 0 Å². The predicted molar refractivity (Wildman–Crippen MR) is 132 cm³/mol. The molecule has 0 saturated heterocycles. The van der Waals surface area contributed by atoms with E-state index in [2.05, 4.69) is 4.98 Å². The van der Waals surface area contributed by atoms with Gasteiger partial charge in [-0.25, -0.2) is 13.2 Å². The van der Waals surface area contributed by atoms with Gasteiger partial charge < -0.3 is 10.8 Å². The Kier molecular flexibility index (Phi) is 7.93. The topological polar surface area (TPSA) is 171 Å². The van der Waals surface area contributed by atoms with Crippen LogP contribution < -0.4 is 17.0 Å². The largest absolute Gasteiger partial charge is 0.480 e. The molecule has 36 heavy (non-hydrogen) atoms. The number of carboxylic acid groups (broad SMARTS) is 1. The first-order valence-corrected chi connectivity index (χ1v) is 12.0. The van der Waals surface area contributed by atoms with Gasteiger partial charge in [-0.05, 0) is 54.6 Å². The highest BCUT2D eigenvalue weighted by atomic mass is 35.5. The lowest BCUT2D eigenvalue weighted by Gasteiger charge is -2.13. The van der Waals surface area contributed by atoms with Gasteiger partial charge in [0.15, 0.2) is 0 Å². The van der Waals surface area contributed by atoms with Crippen molar-refractivity contribution >= 4 is 56.0 Å². The number of fused-ring (bicyclic) bond motifs is 1. The fraction of sp³-hybridized carbons (Fsp3) is 0.0455. The van der Waals surface area contributed by atoms with Gasteiger partial charge in [-0.1, -0.05) is 29.3 Å². The van der Waals surface area contributed by atoms with Crippen LogP contribution in [0.2, 0.25) is 10.0 Å². The van der Waals surface area contributed by atoms with Gasteiger partial charge >= 0.3 is 11.7 Å². The van der Waals surface area contributed by atoms with E-state index in [1.807, 2.05) is 0 Å². The van der Waals surface area contributed by atoms with Crippen molar-refractivity contribution in [2.45, 2.75) is 11.4 Å². The van der Waals surface area contributed by atoms with Crippen LogP contribution in [0.5, 0.6) is 0 Å². The van der Waals surface area contributed by atoms with Crippen LogP contribution in [0.4, 0.5) is 0 Å². The number of hydrogen-bond acceptors (Lipinski definition) is 7. The fourth-order valence-corrected chi connectivity index (χ4v) is 4.64. The maximum Gasteiger partial charge on any atom is 0.346 e. The summed E-state index contributed by atoms with van der Waals surface area (Å²) < 4.78 is 26.4. The van der Waals surface area contributed by atoms with Crippen LogP contribution >= 0.6 is 23.2 Å². The van der Waals surface area contributed by atoms with Gasteiger partial charge in [0.05, 0.1) is 15.8 Å². The number of carboxylic acids is 1. The first kappa shape index (κ1) is 26.6. The molecule has 0 fully saturated rings. The van der Waals surface area contributed by atoms with E-state index in [-0.39, 0.29) is 29.8 Å². The smallest absolute Gasteiger partial charge is 0.346 e. The first-order chi connectivity index (χ1) is 16.9. The van der Waals surface area contributed by atoms with Gasteiger partial charge in [0, 0.05) is 16.2 Å². The molecular formula is C22H16Cl2N4O7S. The van der Waals surface area contributed by atoms with Crippen molar-refractivity contribution in [1.82, 2.24) is 13.5 Å². The minimum absolute atomic E-state index is 0.0371. The number of amides is 1. The predicted octanol–water partition coefficient (Wildman–Crippen LogP) is 1.97. The zero-order chi connectivity index (χ0) is 26.6. The molecule has 0 atom stereocenters. The Labute approximate surface area is 213 Å². The number of benzene rings is 2. The highest BCUT2D eigenvalue weighted by molar-refractivity contribution is 7.90. The van der Waals surface area contributed by atoms with Crippen LogP contribution in [0, 0.1) is 0 Å². The van der Waals surface area contributed by atoms with Crippen LogP contribution in [-0.4, -0.2) is 38.9 Å². The maximum absolute atomic E-state index is 12.9. The normalized spacial score (nSPS) is 10.9. The first-order valence-electron chi connectivity index (χ1n) is 9.82. The number of nitrogens with zero attached hydrogens (tertiary/aromatic N) is 3. The minimum atomic E-state index is -4.59. The van der Waals surface area contributed by atoms with E-state index in [1.165, 1.54) is 36.5 Å². The van der Waals surface area contributed by atoms with Crippen molar-refractivity contribution < 1.29 is 23.1 Å². The molecule has 0 saturated carbocycles. The molecule has 0 bridgehead atoms. The zero-order valence-electron chi connectivity index (χ0n) is 18.0. The third-order valence-electron chi connectivity index (χ3n) is 4.63. The zero-order valence-corrected chi connectivity index (χ0v) is 20.4. The maximum atomic E-state index is 12.9. The summed E-state index contributed by atoms with van der Waals surface area (Å²) in [5.41, 5.74) is 2.71. The van der Waals surface area contributed by atoms with E-state index in [1.54, 1.807) is 18.2 Å². The van der Waals surface area contributed by atoms with E-state index in [0.717, 1.165) is 12.1 Å². The second-order valence-corrected chi connectivity index (χ2v) is 9.69. The Morgan fingerprint density at radius 3 is 2.14 bits per heavy atom. The Bertz CT molecular complexity index is 1680. The summed E-state index contributed by atoms with van der Waals surface area (Å²) in [5, 5.41) is 9.33. The molecular weight excluding hydrogens is 535 g/mol. The number of aliphatic carboxylic acids is 1. The molecule has 11 nitrogen and oxygen atoms in total. The Balaban J connectivity index is 0.000000338. The van der Waals surface area contributed by atoms with Crippen LogP contribution in [0.15, 0.2) is 81.3 Å². The summed E-state index contributed by atoms with van der Waals surface area (Å²) >= 11 is 11.6. The SMILES string of the molecule is NC(=O)c1ccccn1.O=C(O)Cn1c(=O)n(S(=O)(=O)c2ccc(Cl)cc2)c(=O)c2ccc(Cl)cc21. The number of pyridine rings is 1. The number of carbonyl (C=O) groups is 2. The lowest BCUT2D eigenvalue weighted by molar-refractivity contribution is -0.137. The summed E-state index contributed by atoms with van der Waals surface area (Å²) in [5.74, 6) is -1.89. The summed E-state index contributed by atoms with van der Waals surface area (Å²) in [4.78, 5) is 50.4. The summed E-state index contributed by atoms with van der Waals surface area (Å²) in [7, 11) is -4.59. The lowest BCUT2D eigenvalue weighted by atomic mass is 10.2. The molecule has 4 aromatic rings. The molecule has 186 valence electrons. The van der Waals surface area contributed by atoms with E-state index >= 15 is 0 Å². The molecule has 2 aromatic carbocycles. The second-order valence-electron chi connectivity index (χ2n) is 7.03. The number of primary amides is 1. The van der Waals surface area contributed by atoms with Crippen LogP contribution in [0.3, 0.4) is 0 Å². The number of aromatic nitrogens is 3. The van der Waals surface area contributed by atoms with Crippen molar-refractivity contribution in [1.29, 1.82) is 0 Å².